The summed E-state index contributed by atoms with van der Waals surface area (Å²) in [6.07, 6.45) is 10.6. The van der Waals surface area contributed by atoms with E-state index in [0.717, 1.165) is 46.9 Å². The maximum Gasteiger partial charge on any atom is 0.306 e. The average Bonchev–Trinajstić information content (AvgIpc) is 3.42. The number of quaternary nitrogens is 1. The van der Waals surface area contributed by atoms with Crippen LogP contribution in [0.2, 0.25) is 5.02 Å². The zero-order valence-corrected chi connectivity index (χ0v) is 28.2. The fourth-order valence-electron chi connectivity index (χ4n) is 6.31. The van der Waals surface area contributed by atoms with Crippen LogP contribution in [0.15, 0.2) is 84.0 Å². The van der Waals surface area contributed by atoms with Gasteiger partial charge in [0, 0.05) is 12.3 Å². The van der Waals surface area contributed by atoms with Crippen LogP contribution in [-0.4, -0.2) is 70.8 Å². The molecule has 0 spiro atoms. The number of allylic oxidation sites excluding steroid dienone is 2. The molecule has 0 bridgehead atoms. The first kappa shape index (κ1) is 33.1. The van der Waals surface area contributed by atoms with Crippen LogP contribution in [-0.2, 0) is 11.2 Å². The third kappa shape index (κ3) is 6.64. The molecule has 3 aromatic carbocycles. The van der Waals surface area contributed by atoms with Gasteiger partial charge in [0.25, 0.3) is 0 Å². The number of rotatable bonds is 14. The molecule has 0 aromatic heterocycles. The topological polar surface area (TPSA) is 69.6 Å². The Labute approximate surface area is 277 Å². The zero-order chi connectivity index (χ0) is 32.8. The van der Waals surface area contributed by atoms with E-state index in [1.807, 2.05) is 48.6 Å². The number of carbonyl (C=O) groups is 1. The standard InChI is InChI=1S/C37H43ClN3O5/c1-25(2)18-20-41(24-42,32-15-17-34(45-5)37(46-6)36(32)38)23-30-31(40-19-8-7-9-35(40)39-30)22-28-21-27(12-16-33(28)44-4)26-10-13-29(43-3)14-11-26/h7-17,19,21,24-25,30-31H,18,20,22-23H2,1-6H3/q+1. The van der Waals surface area contributed by atoms with Crippen LogP contribution in [0.4, 0.5) is 5.69 Å². The molecule has 8 nitrogen and oxygen atoms in total. The molecule has 0 saturated carbocycles. The van der Waals surface area contributed by atoms with Crippen molar-refractivity contribution in [3.05, 3.63) is 89.6 Å². The van der Waals surface area contributed by atoms with E-state index in [9.17, 15) is 4.79 Å². The Morgan fingerprint density at radius 2 is 1.63 bits per heavy atom. The van der Waals surface area contributed by atoms with Gasteiger partial charge in [-0.1, -0.05) is 49.7 Å². The average molecular weight is 645 g/mol. The van der Waals surface area contributed by atoms with Gasteiger partial charge in [0.05, 0.1) is 41.0 Å². The van der Waals surface area contributed by atoms with Crippen molar-refractivity contribution >= 4 is 29.5 Å². The summed E-state index contributed by atoms with van der Waals surface area (Å²) >= 11 is 7.01. The number of methoxy groups -OCH3 is 4. The monoisotopic (exact) mass is 644 g/mol. The summed E-state index contributed by atoms with van der Waals surface area (Å²) in [5, 5.41) is 0.367. The minimum atomic E-state index is -0.238. The number of benzene rings is 3. The van der Waals surface area contributed by atoms with Gasteiger partial charge in [0.2, 0.25) is 0 Å². The molecule has 3 aromatic rings. The predicted molar refractivity (Wildman–Crippen MR) is 185 cm³/mol. The Morgan fingerprint density at radius 1 is 0.913 bits per heavy atom. The molecule has 2 aliphatic rings. The Morgan fingerprint density at radius 3 is 2.28 bits per heavy atom. The van der Waals surface area contributed by atoms with Crippen LogP contribution in [0, 0.1) is 5.92 Å². The summed E-state index contributed by atoms with van der Waals surface area (Å²) in [7, 11) is 6.49. The fourth-order valence-corrected chi connectivity index (χ4v) is 6.71. The molecule has 242 valence electrons. The van der Waals surface area contributed by atoms with Gasteiger partial charge >= 0.3 is 6.41 Å². The van der Waals surface area contributed by atoms with Crippen LogP contribution in [0.25, 0.3) is 11.1 Å². The molecule has 1 amide bonds. The number of carbonyl (C=O) groups excluding carboxylic acids is 1. The highest BCUT2D eigenvalue weighted by molar-refractivity contribution is 6.35. The second-order valence-corrected chi connectivity index (χ2v) is 12.4. The van der Waals surface area contributed by atoms with Crippen LogP contribution in [0.3, 0.4) is 0 Å². The fraction of sp³-hybridized carbons (Fsp3) is 0.351. The molecule has 3 unspecified atom stereocenters. The first-order chi connectivity index (χ1) is 22.3. The van der Waals surface area contributed by atoms with E-state index >= 15 is 0 Å². The largest absolute Gasteiger partial charge is 0.497 e. The summed E-state index contributed by atoms with van der Waals surface area (Å²) in [4.78, 5) is 20.8. The highest BCUT2D eigenvalue weighted by Crippen LogP contribution is 2.44. The molecular weight excluding hydrogens is 602 g/mol. The van der Waals surface area contributed by atoms with Gasteiger partial charge in [-0.05, 0) is 77.9 Å². The molecule has 5 rings (SSSR count). The van der Waals surface area contributed by atoms with Crippen LogP contribution >= 0.6 is 11.6 Å². The van der Waals surface area contributed by atoms with E-state index < -0.39 is 0 Å². The Hall–Kier alpha value is -4.27. The molecule has 2 heterocycles. The molecule has 0 radical (unpaired) electrons. The normalized spacial score (nSPS) is 18.2. The molecule has 3 atom stereocenters. The van der Waals surface area contributed by atoms with E-state index in [2.05, 4.69) is 49.2 Å². The smallest absolute Gasteiger partial charge is 0.306 e. The molecule has 46 heavy (non-hydrogen) atoms. The SMILES string of the molecule is COc1ccc(-c2ccc(OC)c(CC3C(C[N+](C=O)(CCC(C)C)c4ccc(OC)c(OC)c4Cl)N=C4C=CC=CN43)c2)cc1. The lowest BCUT2D eigenvalue weighted by Crippen LogP contribution is -2.56. The number of amides is 1. The second-order valence-electron chi connectivity index (χ2n) is 12.1. The number of nitrogens with zero attached hydrogens (tertiary/aromatic N) is 3. The summed E-state index contributed by atoms with van der Waals surface area (Å²) in [5.41, 5.74) is 3.89. The molecular formula is C37H43ClN3O5+. The molecule has 0 fully saturated rings. The predicted octanol–water partition coefficient (Wildman–Crippen LogP) is 7.33. The van der Waals surface area contributed by atoms with E-state index in [1.54, 1.807) is 28.4 Å². The lowest BCUT2D eigenvalue weighted by molar-refractivity contribution is -0.118. The quantitative estimate of drug-likeness (QED) is 0.135. The van der Waals surface area contributed by atoms with Gasteiger partial charge in [-0.3, -0.25) is 4.99 Å². The summed E-state index contributed by atoms with van der Waals surface area (Å²) in [6, 6.07) is 17.7. The maximum absolute atomic E-state index is 13.4. The van der Waals surface area contributed by atoms with Crippen molar-refractivity contribution in [3.8, 4) is 34.1 Å². The Kier molecular flexibility index (Phi) is 10.4. The van der Waals surface area contributed by atoms with E-state index in [-0.39, 0.29) is 16.6 Å². The van der Waals surface area contributed by atoms with Crippen LogP contribution < -0.4 is 23.4 Å². The number of hydrogen-bond acceptors (Lipinski definition) is 7. The van der Waals surface area contributed by atoms with Gasteiger partial charge in [-0.2, -0.15) is 0 Å². The lowest BCUT2D eigenvalue weighted by atomic mass is 9.94. The third-order valence-electron chi connectivity index (χ3n) is 8.86. The van der Waals surface area contributed by atoms with Gasteiger partial charge in [-0.15, -0.1) is 0 Å². The van der Waals surface area contributed by atoms with Gasteiger partial charge < -0.3 is 23.8 Å². The van der Waals surface area contributed by atoms with Crippen molar-refractivity contribution in [1.82, 2.24) is 9.38 Å². The van der Waals surface area contributed by atoms with Crippen molar-refractivity contribution < 1.29 is 23.7 Å². The molecule has 0 N–H and O–H groups in total. The van der Waals surface area contributed by atoms with Crippen molar-refractivity contribution in [3.63, 3.8) is 0 Å². The highest BCUT2D eigenvalue weighted by Gasteiger charge is 2.44. The molecule has 2 aliphatic heterocycles. The highest BCUT2D eigenvalue weighted by atomic mass is 35.5. The number of amidine groups is 1. The van der Waals surface area contributed by atoms with Gasteiger partial charge in [0.1, 0.15) is 34.9 Å². The summed E-state index contributed by atoms with van der Waals surface area (Å²) in [6.45, 7) is 5.29. The van der Waals surface area contributed by atoms with Crippen molar-refractivity contribution in [2.75, 3.05) is 41.5 Å². The minimum Gasteiger partial charge on any atom is -0.497 e. The number of hydrogen-bond donors (Lipinski definition) is 0. The lowest BCUT2D eigenvalue weighted by Gasteiger charge is -2.37. The molecule has 9 heteroatoms. The number of ether oxygens (including phenoxy) is 4. The van der Waals surface area contributed by atoms with Crippen molar-refractivity contribution in [2.24, 2.45) is 10.9 Å². The van der Waals surface area contributed by atoms with Gasteiger partial charge in [0.15, 0.2) is 17.2 Å². The second kappa shape index (κ2) is 14.4. The third-order valence-corrected chi connectivity index (χ3v) is 9.23. The van der Waals surface area contributed by atoms with Crippen molar-refractivity contribution in [2.45, 2.75) is 38.8 Å². The zero-order valence-electron chi connectivity index (χ0n) is 27.4. The number of halogens is 1. The van der Waals surface area contributed by atoms with Crippen molar-refractivity contribution in [1.29, 1.82) is 0 Å². The number of aliphatic imine (C=N–C) groups is 1. The van der Waals surface area contributed by atoms with E-state index in [1.165, 1.54) is 0 Å². The van der Waals surface area contributed by atoms with E-state index in [0.29, 0.717) is 47.6 Å². The van der Waals surface area contributed by atoms with Crippen LogP contribution in [0.5, 0.6) is 23.0 Å². The minimum absolute atomic E-state index is 0.000391. The summed E-state index contributed by atoms with van der Waals surface area (Å²) < 4.78 is 22.4. The maximum atomic E-state index is 13.4. The molecule has 0 aliphatic carbocycles. The number of fused-ring (bicyclic) bond motifs is 1. The molecule has 0 saturated heterocycles. The Balaban J connectivity index is 1.56. The first-order valence-electron chi connectivity index (χ1n) is 15.5. The van der Waals surface area contributed by atoms with E-state index in [4.69, 9.17) is 35.5 Å². The first-order valence-corrected chi connectivity index (χ1v) is 15.9. The van der Waals surface area contributed by atoms with Crippen LogP contribution in [0.1, 0.15) is 25.8 Å². The summed E-state index contributed by atoms with van der Waals surface area (Å²) in [5.74, 6) is 3.79. The Bertz CT molecular complexity index is 1630. The van der Waals surface area contributed by atoms with Gasteiger partial charge in [-0.25, -0.2) is 9.28 Å².